The van der Waals surface area contributed by atoms with E-state index in [1.165, 1.54) is 22.5 Å². The van der Waals surface area contributed by atoms with E-state index < -0.39 is 15.9 Å². The van der Waals surface area contributed by atoms with E-state index >= 15 is 0 Å². The number of benzene rings is 2. The summed E-state index contributed by atoms with van der Waals surface area (Å²) in [4.78, 5) is 12.7. The van der Waals surface area contributed by atoms with Gasteiger partial charge in [0.25, 0.3) is 5.91 Å². The third kappa shape index (κ3) is 4.38. The summed E-state index contributed by atoms with van der Waals surface area (Å²) < 4.78 is 26.7. The van der Waals surface area contributed by atoms with Gasteiger partial charge in [0.15, 0.2) is 0 Å². The van der Waals surface area contributed by atoms with Crippen LogP contribution in [0, 0.1) is 6.92 Å². The first kappa shape index (κ1) is 20.7. The second-order valence-corrected chi connectivity index (χ2v) is 8.43. The van der Waals surface area contributed by atoms with Gasteiger partial charge in [-0.1, -0.05) is 37.0 Å². The maximum Gasteiger partial charge on any atom is 0.257 e. The van der Waals surface area contributed by atoms with Crippen LogP contribution in [0.4, 0.5) is 5.69 Å². The van der Waals surface area contributed by atoms with Gasteiger partial charge in [0, 0.05) is 23.8 Å². The molecule has 0 aliphatic carbocycles. The zero-order chi connectivity index (χ0) is 19.5. The first-order chi connectivity index (χ1) is 12.2. The zero-order valence-corrected chi connectivity index (χ0v) is 17.0. The summed E-state index contributed by atoms with van der Waals surface area (Å²) in [5.41, 5.74) is 1.45. The largest absolute Gasteiger partial charge is 0.322 e. The highest BCUT2D eigenvalue weighted by Crippen LogP contribution is 2.25. The van der Waals surface area contributed by atoms with E-state index in [0.29, 0.717) is 23.8 Å². The first-order valence-electron chi connectivity index (χ1n) is 8.07. The second kappa shape index (κ2) is 8.39. The first-order valence-corrected chi connectivity index (χ1v) is 10.3. The Balaban J connectivity index is 2.39. The van der Waals surface area contributed by atoms with Crippen LogP contribution in [0.1, 0.15) is 29.8 Å². The van der Waals surface area contributed by atoms with Gasteiger partial charge < -0.3 is 5.32 Å². The van der Waals surface area contributed by atoms with Crippen molar-refractivity contribution >= 4 is 44.8 Å². The molecule has 5 nitrogen and oxygen atoms in total. The zero-order valence-electron chi connectivity index (χ0n) is 14.7. The quantitative estimate of drug-likeness (QED) is 0.751. The van der Waals surface area contributed by atoms with E-state index in [0.717, 1.165) is 5.56 Å². The fraction of sp³-hybridized carbons (Fsp3) is 0.278. The predicted molar refractivity (Wildman–Crippen MR) is 106 cm³/mol. The third-order valence-electron chi connectivity index (χ3n) is 3.96. The van der Waals surface area contributed by atoms with Gasteiger partial charge in [0.1, 0.15) is 0 Å². The van der Waals surface area contributed by atoms with Crippen LogP contribution in [0.15, 0.2) is 41.3 Å². The summed E-state index contributed by atoms with van der Waals surface area (Å²) in [5, 5.41) is 3.47. The van der Waals surface area contributed by atoms with Crippen molar-refractivity contribution in [2.24, 2.45) is 0 Å². The number of halogens is 2. The van der Waals surface area contributed by atoms with E-state index in [2.05, 4.69) is 5.32 Å². The Hall–Kier alpha value is -1.60. The fourth-order valence-corrected chi connectivity index (χ4v) is 4.42. The molecule has 0 aliphatic heterocycles. The lowest BCUT2D eigenvalue weighted by atomic mass is 10.1. The maximum atomic E-state index is 12.7. The Morgan fingerprint density at radius 2 is 1.73 bits per heavy atom. The minimum absolute atomic E-state index is 0.0311. The molecule has 0 saturated carbocycles. The predicted octanol–water partition coefficient (Wildman–Crippen LogP) is 4.58. The van der Waals surface area contributed by atoms with Crippen LogP contribution in [0.25, 0.3) is 0 Å². The second-order valence-electron chi connectivity index (χ2n) is 5.64. The molecule has 26 heavy (non-hydrogen) atoms. The Morgan fingerprint density at radius 3 is 2.31 bits per heavy atom. The Bertz CT molecular complexity index is 926. The molecule has 2 rings (SSSR count). The van der Waals surface area contributed by atoms with Gasteiger partial charge in [-0.05, 0) is 48.9 Å². The molecule has 0 aromatic heterocycles. The molecule has 8 heteroatoms. The van der Waals surface area contributed by atoms with Crippen molar-refractivity contribution in [3.8, 4) is 0 Å². The van der Waals surface area contributed by atoms with Gasteiger partial charge >= 0.3 is 0 Å². The fourth-order valence-electron chi connectivity index (χ4n) is 2.51. The number of nitrogens with zero attached hydrogens (tertiary/aromatic N) is 1. The van der Waals surface area contributed by atoms with Crippen LogP contribution >= 0.6 is 23.2 Å². The Morgan fingerprint density at radius 1 is 1.08 bits per heavy atom. The highest BCUT2D eigenvalue weighted by atomic mass is 35.5. The number of hydrogen-bond acceptors (Lipinski definition) is 3. The monoisotopic (exact) mass is 414 g/mol. The van der Waals surface area contributed by atoms with Crippen molar-refractivity contribution in [3.63, 3.8) is 0 Å². The molecule has 0 aliphatic rings. The molecule has 0 saturated heterocycles. The van der Waals surface area contributed by atoms with Gasteiger partial charge in [-0.3, -0.25) is 4.79 Å². The van der Waals surface area contributed by atoms with E-state index in [9.17, 15) is 13.2 Å². The summed E-state index contributed by atoms with van der Waals surface area (Å²) in [6.07, 6.45) is 0. The van der Waals surface area contributed by atoms with E-state index in [1.54, 1.807) is 32.0 Å². The molecule has 140 valence electrons. The lowest BCUT2D eigenvalue weighted by Gasteiger charge is -2.19. The number of carbonyl (C=O) groups excluding carboxylic acids is 1. The summed E-state index contributed by atoms with van der Waals surface area (Å²) in [6.45, 7) is 6.01. The topological polar surface area (TPSA) is 66.5 Å². The smallest absolute Gasteiger partial charge is 0.257 e. The lowest BCUT2D eigenvalue weighted by Crippen LogP contribution is -2.30. The number of anilines is 1. The molecular weight excluding hydrogens is 395 g/mol. The van der Waals surface area contributed by atoms with Crippen LogP contribution in [-0.2, 0) is 10.0 Å². The summed E-state index contributed by atoms with van der Waals surface area (Å²) in [6, 6.07) is 9.19. The van der Waals surface area contributed by atoms with Gasteiger partial charge in [-0.15, -0.1) is 0 Å². The summed E-state index contributed by atoms with van der Waals surface area (Å²) in [5.74, 6) is -0.489. The molecule has 0 spiro atoms. The summed E-state index contributed by atoms with van der Waals surface area (Å²) >= 11 is 12.0. The molecule has 2 aromatic rings. The average molecular weight is 415 g/mol. The molecule has 0 radical (unpaired) electrons. The number of hydrogen-bond donors (Lipinski definition) is 1. The standard InChI is InChI=1S/C18H20Cl2N2O3S/c1-4-22(5-2)26(24,25)14-7-8-16(20)15(11-14)18(23)21-17-9-6-13(19)10-12(17)3/h6-11H,4-5H2,1-3H3,(H,21,23). The Kier molecular flexibility index (Phi) is 6.69. The van der Waals surface area contributed by atoms with Crippen LogP contribution in [0.5, 0.6) is 0 Å². The molecule has 2 aromatic carbocycles. The van der Waals surface area contributed by atoms with E-state index in [-0.39, 0.29) is 15.5 Å². The van der Waals surface area contributed by atoms with E-state index in [4.69, 9.17) is 23.2 Å². The molecule has 1 amide bonds. The molecular formula is C18H20Cl2N2O3S. The number of carbonyl (C=O) groups is 1. The molecule has 0 unspecified atom stereocenters. The van der Waals surface area contributed by atoms with Gasteiger partial charge in [-0.2, -0.15) is 4.31 Å². The van der Waals surface area contributed by atoms with Crippen molar-refractivity contribution < 1.29 is 13.2 Å². The molecule has 0 heterocycles. The van der Waals surface area contributed by atoms with Crippen LogP contribution < -0.4 is 5.32 Å². The van der Waals surface area contributed by atoms with Crippen molar-refractivity contribution in [2.45, 2.75) is 25.7 Å². The maximum absolute atomic E-state index is 12.7. The highest BCUT2D eigenvalue weighted by molar-refractivity contribution is 7.89. The molecule has 0 bridgehead atoms. The van der Waals surface area contributed by atoms with Crippen molar-refractivity contribution in [2.75, 3.05) is 18.4 Å². The molecule has 0 atom stereocenters. The summed E-state index contributed by atoms with van der Waals surface area (Å²) in [7, 11) is -3.68. The third-order valence-corrected chi connectivity index (χ3v) is 6.57. The van der Waals surface area contributed by atoms with Gasteiger partial charge in [0.2, 0.25) is 10.0 Å². The SMILES string of the molecule is CCN(CC)S(=O)(=O)c1ccc(Cl)c(C(=O)Nc2ccc(Cl)cc2C)c1. The lowest BCUT2D eigenvalue weighted by molar-refractivity contribution is 0.102. The van der Waals surface area contributed by atoms with Crippen LogP contribution in [0.3, 0.4) is 0 Å². The molecule has 0 fully saturated rings. The number of rotatable bonds is 6. The number of sulfonamides is 1. The number of nitrogens with one attached hydrogen (secondary N) is 1. The van der Waals surface area contributed by atoms with Crippen molar-refractivity contribution in [1.29, 1.82) is 0 Å². The average Bonchev–Trinajstić information content (AvgIpc) is 2.58. The normalized spacial score (nSPS) is 11.6. The minimum Gasteiger partial charge on any atom is -0.322 e. The number of amides is 1. The van der Waals surface area contributed by atoms with Gasteiger partial charge in [-0.25, -0.2) is 8.42 Å². The number of aryl methyl sites for hydroxylation is 1. The van der Waals surface area contributed by atoms with Crippen molar-refractivity contribution in [1.82, 2.24) is 4.31 Å². The minimum atomic E-state index is -3.68. The van der Waals surface area contributed by atoms with E-state index in [1.807, 2.05) is 6.92 Å². The molecule has 1 N–H and O–H groups in total. The van der Waals surface area contributed by atoms with Crippen LogP contribution in [-0.4, -0.2) is 31.7 Å². The van der Waals surface area contributed by atoms with Crippen molar-refractivity contribution in [3.05, 3.63) is 57.6 Å². The van der Waals surface area contributed by atoms with Crippen LogP contribution in [0.2, 0.25) is 10.0 Å². The Labute approximate surface area is 164 Å². The highest BCUT2D eigenvalue weighted by Gasteiger charge is 2.24. The van der Waals surface area contributed by atoms with Gasteiger partial charge in [0.05, 0.1) is 15.5 Å².